The molecule has 0 unspecified atom stereocenters. The van der Waals surface area contributed by atoms with Crippen molar-refractivity contribution < 1.29 is 13.9 Å². The van der Waals surface area contributed by atoms with Crippen LogP contribution in [0, 0.1) is 11.6 Å². The summed E-state index contributed by atoms with van der Waals surface area (Å²) in [5, 5.41) is 12.2. The maximum absolute atomic E-state index is 13.2. The highest BCUT2D eigenvalue weighted by molar-refractivity contribution is 9.10. The maximum Gasteiger partial charge on any atom is 0.187 e. The lowest BCUT2D eigenvalue weighted by Crippen LogP contribution is -2.18. The van der Waals surface area contributed by atoms with E-state index in [1.807, 2.05) is 31.2 Å². The number of benzene rings is 2. The van der Waals surface area contributed by atoms with Gasteiger partial charge in [0.25, 0.3) is 0 Å². The number of halogens is 3. The number of nitrogens with one attached hydrogen (secondary N) is 1. The van der Waals surface area contributed by atoms with Crippen molar-refractivity contribution >= 4 is 15.9 Å². The summed E-state index contributed by atoms with van der Waals surface area (Å²) in [6, 6.07) is 10.1. The highest BCUT2D eigenvalue weighted by atomic mass is 79.9. The number of hydrogen-bond acceptors (Lipinski definition) is 2. The van der Waals surface area contributed by atoms with Gasteiger partial charge < -0.3 is 10.4 Å². The quantitative estimate of drug-likeness (QED) is 0.869. The van der Waals surface area contributed by atoms with Crippen LogP contribution in [0.2, 0.25) is 0 Å². The van der Waals surface area contributed by atoms with E-state index in [-0.39, 0.29) is 6.04 Å². The van der Waals surface area contributed by atoms with Crippen LogP contribution in [0.5, 0.6) is 5.75 Å². The molecule has 2 aromatic rings. The first-order valence-corrected chi connectivity index (χ1v) is 6.92. The van der Waals surface area contributed by atoms with Crippen LogP contribution < -0.4 is 5.32 Å². The largest absolute Gasteiger partial charge is 0.503 e. The van der Waals surface area contributed by atoms with Crippen molar-refractivity contribution in [2.45, 2.75) is 19.5 Å². The molecule has 0 bridgehead atoms. The number of phenols is 1. The Morgan fingerprint density at radius 2 is 1.85 bits per heavy atom. The molecule has 0 aromatic heterocycles. The zero-order valence-corrected chi connectivity index (χ0v) is 12.4. The summed E-state index contributed by atoms with van der Waals surface area (Å²) in [6.45, 7) is 2.27. The Bertz CT molecular complexity index is 596. The van der Waals surface area contributed by atoms with Crippen molar-refractivity contribution in [3.05, 3.63) is 63.6 Å². The van der Waals surface area contributed by atoms with Gasteiger partial charge in [0.1, 0.15) is 0 Å². The van der Waals surface area contributed by atoms with E-state index in [1.165, 1.54) is 0 Å². The Labute approximate surface area is 124 Å². The van der Waals surface area contributed by atoms with Gasteiger partial charge in [-0.25, -0.2) is 8.78 Å². The lowest BCUT2D eigenvalue weighted by Gasteiger charge is -2.15. The van der Waals surface area contributed by atoms with Crippen LogP contribution in [0.3, 0.4) is 0 Å². The van der Waals surface area contributed by atoms with Crippen LogP contribution >= 0.6 is 15.9 Å². The molecule has 2 aromatic carbocycles. The van der Waals surface area contributed by atoms with Gasteiger partial charge in [-0.05, 0) is 42.3 Å². The first kappa shape index (κ1) is 14.9. The average Bonchev–Trinajstić information content (AvgIpc) is 2.42. The maximum atomic E-state index is 13.2. The summed E-state index contributed by atoms with van der Waals surface area (Å²) in [6.07, 6.45) is 0. The molecule has 0 saturated carbocycles. The van der Waals surface area contributed by atoms with Crippen LogP contribution in [0.1, 0.15) is 24.1 Å². The summed E-state index contributed by atoms with van der Waals surface area (Å²) >= 11 is 3.40. The lowest BCUT2D eigenvalue weighted by atomic mass is 10.1. The lowest BCUT2D eigenvalue weighted by molar-refractivity contribution is 0.394. The molecule has 5 heteroatoms. The fourth-order valence-electron chi connectivity index (χ4n) is 1.88. The van der Waals surface area contributed by atoms with E-state index in [1.54, 1.807) is 0 Å². The molecule has 0 aliphatic carbocycles. The van der Waals surface area contributed by atoms with Gasteiger partial charge in [0, 0.05) is 17.1 Å². The molecule has 0 aliphatic rings. The SMILES string of the molecule is C[C@@H](NCc1cc(F)c(O)c(F)c1)c1cccc(Br)c1. The Hall–Kier alpha value is -1.46. The first-order valence-electron chi connectivity index (χ1n) is 6.13. The second-order valence-electron chi connectivity index (χ2n) is 4.57. The molecule has 1 atom stereocenters. The van der Waals surface area contributed by atoms with Gasteiger partial charge in [-0.1, -0.05) is 28.1 Å². The van der Waals surface area contributed by atoms with Gasteiger partial charge in [-0.15, -0.1) is 0 Å². The van der Waals surface area contributed by atoms with Crippen LogP contribution in [0.4, 0.5) is 8.78 Å². The van der Waals surface area contributed by atoms with E-state index in [0.717, 1.165) is 22.2 Å². The Balaban J connectivity index is 2.05. The Kier molecular flexibility index (Phi) is 4.73. The van der Waals surface area contributed by atoms with Crippen molar-refractivity contribution in [1.82, 2.24) is 5.32 Å². The van der Waals surface area contributed by atoms with E-state index in [0.29, 0.717) is 12.1 Å². The summed E-state index contributed by atoms with van der Waals surface area (Å²) in [4.78, 5) is 0. The van der Waals surface area contributed by atoms with Crippen LogP contribution in [-0.4, -0.2) is 5.11 Å². The molecule has 0 fully saturated rings. The van der Waals surface area contributed by atoms with E-state index in [9.17, 15) is 8.78 Å². The molecular formula is C15H14BrF2NO. The molecule has 0 radical (unpaired) electrons. The summed E-state index contributed by atoms with van der Waals surface area (Å²) < 4.78 is 27.4. The number of hydrogen-bond donors (Lipinski definition) is 2. The van der Waals surface area contributed by atoms with Crippen LogP contribution in [0.25, 0.3) is 0 Å². The van der Waals surface area contributed by atoms with Gasteiger partial charge in [0.05, 0.1) is 0 Å². The molecule has 0 aliphatic heterocycles. The predicted octanol–water partition coefficient (Wildman–Crippen LogP) is 4.28. The molecular weight excluding hydrogens is 328 g/mol. The Morgan fingerprint density at radius 3 is 2.45 bits per heavy atom. The van der Waals surface area contributed by atoms with Crippen molar-refractivity contribution in [2.24, 2.45) is 0 Å². The molecule has 2 rings (SSSR count). The van der Waals surface area contributed by atoms with Gasteiger partial charge in [0.15, 0.2) is 17.4 Å². The molecule has 0 spiro atoms. The second kappa shape index (κ2) is 6.33. The van der Waals surface area contributed by atoms with Gasteiger partial charge >= 0.3 is 0 Å². The molecule has 2 N–H and O–H groups in total. The second-order valence-corrected chi connectivity index (χ2v) is 5.48. The monoisotopic (exact) mass is 341 g/mol. The van der Waals surface area contributed by atoms with E-state index in [4.69, 9.17) is 5.11 Å². The standard InChI is InChI=1S/C15H14BrF2NO/c1-9(11-3-2-4-12(16)7-11)19-8-10-5-13(17)15(20)14(18)6-10/h2-7,9,19-20H,8H2,1H3/t9-/m1/s1. The summed E-state index contributed by atoms with van der Waals surface area (Å²) in [7, 11) is 0. The zero-order valence-electron chi connectivity index (χ0n) is 10.8. The van der Waals surface area contributed by atoms with Crippen LogP contribution in [0.15, 0.2) is 40.9 Å². The van der Waals surface area contributed by atoms with Gasteiger partial charge in [-0.2, -0.15) is 0 Å². The van der Waals surface area contributed by atoms with E-state index in [2.05, 4.69) is 21.2 Å². The molecule has 2 nitrogen and oxygen atoms in total. The third kappa shape index (κ3) is 3.55. The first-order chi connectivity index (χ1) is 9.47. The van der Waals surface area contributed by atoms with Gasteiger partial charge in [-0.3, -0.25) is 0 Å². The fourth-order valence-corrected chi connectivity index (χ4v) is 2.30. The van der Waals surface area contributed by atoms with Gasteiger partial charge in [0.2, 0.25) is 0 Å². The molecule has 0 saturated heterocycles. The van der Waals surface area contributed by atoms with Crippen molar-refractivity contribution in [3.8, 4) is 5.75 Å². The van der Waals surface area contributed by atoms with E-state index >= 15 is 0 Å². The summed E-state index contributed by atoms with van der Waals surface area (Å²) in [5.41, 5.74) is 1.51. The minimum atomic E-state index is -0.947. The van der Waals surface area contributed by atoms with Crippen molar-refractivity contribution in [3.63, 3.8) is 0 Å². The van der Waals surface area contributed by atoms with Crippen molar-refractivity contribution in [2.75, 3.05) is 0 Å². The van der Waals surface area contributed by atoms with Crippen LogP contribution in [-0.2, 0) is 6.54 Å². The normalized spacial score (nSPS) is 12.4. The number of rotatable bonds is 4. The summed E-state index contributed by atoms with van der Waals surface area (Å²) in [5.74, 6) is -2.83. The smallest absolute Gasteiger partial charge is 0.187 e. The number of aromatic hydroxyl groups is 1. The molecule has 106 valence electrons. The molecule has 20 heavy (non-hydrogen) atoms. The number of phenolic OH excluding ortho intramolecular Hbond substituents is 1. The predicted molar refractivity (Wildman–Crippen MR) is 77.4 cm³/mol. The highest BCUT2D eigenvalue weighted by Crippen LogP contribution is 2.22. The minimum Gasteiger partial charge on any atom is -0.503 e. The fraction of sp³-hybridized carbons (Fsp3) is 0.200. The van der Waals surface area contributed by atoms with E-state index < -0.39 is 17.4 Å². The minimum absolute atomic E-state index is 0.0347. The average molecular weight is 342 g/mol. The third-order valence-corrected chi connectivity index (χ3v) is 3.53. The molecule has 0 amide bonds. The topological polar surface area (TPSA) is 32.3 Å². The third-order valence-electron chi connectivity index (χ3n) is 3.04. The zero-order chi connectivity index (χ0) is 14.7. The molecule has 0 heterocycles. The van der Waals surface area contributed by atoms with Crippen molar-refractivity contribution in [1.29, 1.82) is 0 Å². The highest BCUT2D eigenvalue weighted by Gasteiger charge is 2.11. The Morgan fingerprint density at radius 1 is 1.20 bits per heavy atom.